The van der Waals surface area contributed by atoms with Crippen LogP contribution in [0.5, 0.6) is 0 Å². The summed E-state index contributed by atoms with van der Waals surface area (Å²) < 4.78 is 0. The molecule has 3 aliphatic carbocycles. The highest BCUT2D eigenvalue weighted by molar-refractivity contribution is 5.66. The van der Waals surface area contributed by atoms with Crippen molar-refractivity contribution in [1.29, 1.82) is 0 Å². The van der Waals surface area contributed by atoms with E-state index < -0.39 is 5.97 Å². The number of unbranched alkanes of at least 4 members (excludes halogenated alkanes) is 3. The van der Waals surface area contributed by atoms with Crippen LogP contribution in [0.25, 0.3) is 0 Å². The lowest BCUT2D eigenvalue weighted by Gasteiger charge is -2.62. The Morgan fingerprint density at radius 3 is 2.63 bits per heavy atom. The maximum absolute atomic E-state index is 10.6. The molecule has 154 valence electrons. The minimum Gasteiger partial charge on any atom is -0.481 e. The van der Waals surface area contributed by atoms with Gasteiger partial charge in [0.1, 0.15) is 0 Å². The fourth-order valence-corrected chi connectivity index (χ4v) is 5.26. The summed E-state index contributed by atoms with van der Waals surface area (Å²) in [6.45, 7) is 7.04. The molecule has 0 aromatic carbocycles. The van der Waals surface area contributed by atoms with Gasteiger partial charge in [-0.1, -0.05) is 64.3 Å². The smallest absolute Gasteiger partial charge is 0.303 e. The minimum absolute atomic E-state index is 0.256. The molecule has 3 rings (SSSR count). The number of carboxylic acids is 1. The van der Waals surface area contributed by atoms with E-state index in [-0.39, 0.29) is 12.5 Å². The second-order valence-corrected chi connectivity index (χ2v) is 9.37. The Kier molecular flexibility index (Phi) is 8.60. The van der Waals surface area contributed by atoms with Gasteiger partial charge in [0.15, 0.2) is 0 Å². The van der Waals surface area contributed by atoms with Crippen molar-refractivity contribution in [3.63, 3.8) is 0 Å². The summed E-state index contributed by atoms with van der Waals surface area (Å²) in [4.78, 5) is 10.6. The number of carbonyl (C=O) groups is 1. The van der Waals surface area contributed by atoms with Crippen LogP contribution in [0, 0.1) is 29.1 Å². The van der Waals surface area contributed by atoms with Crippen LogP contribution in [0.3, 0.4) is 0 Å². The third kappa shape index (κ3) is 6.20. The number of aliphatic hydroxyl groups is 1. The molecular weight excluding hydrogens is 336 g/mol. The van der Waals surface area contributed by atoms with E-state index in [1.807, 2.05) is 0 Å². The molecule has 0 radical (unpaired) electrons. The van der Waals surface area contributed by atoms with E-state index in [9.17, 15) is 9.90 Å². The van der Waals surface area contributed by atoms with Gasteiger partial charge in [-0.3, -0.25) is 4.79 Å². The molecule has 3 heteroatoms. The Morgan fingerprint density at radius 1 is 1.19 bits per heavy atom. The predicted octanol–water partition coefficient (Wildman–Crippen LogP) is 5.98. The molecule has 3 aliphatic rings. The van der Waals surface area contributed by atoms with Gasteiger partial charge in [0, 0.05) is 6.42 Å². The van der Waals surface area contributed by atoms with E-state index >= 15 is 0 Å². The molecule has 0 spiro atoms. The van der Waals surface area contributed by atoms with Crippen LogP contribution in [-0.2, 0) is 4.79 Å². The zero-order valence-electron chi connectivity index (χ0n) is 17.6. The summed E-state index contributed by atoms with van der Waals surface area (Å²) in [5.41, 5.74) is 0.450. The van der Waals surface area contributed by atoms with Crippen LogP contribution in [-0.4, -0.2) is 22.3 Å². The molecule has 5 atom stereocenters. The number of carboxylic acid groups (broad SMARTS) is 1. The van der Waals surface area contributed by atoms with E-state index in [0.29, 0.717) is 17.3 Å². The molecule has 3 nitrogen and oxygen atoms in total. The van der Waals surface area contributed by atoms with Crippen molar-refractivity contribution in [1.82, 2.24) is 0 Å². The van der Waals surface area contributed by atoms with E-state index in [1.165, 1.54) is 25.7 Å². The van der Waals surface area contributed by atoms with Gasteiger partial charge in [0.05, 0.1) is 6.10 Å². The van der Waals surface area contributed by atoms with Crippen molar-refractivity contribution in [3.05, 3.63) is 24.3 Å². The number of aliphatic carboxylic acids is 1. The normalized spacial score (nSPS) is 30.5. The first kappa shape index (κ1) is 22.2. The largest absolute Gasteiger partial charge is 0.481 e. The first-order valence-electron chi connectivity index (χ1n) is 11.1. The summed E-state index contributed by atoms with van der Waals surface area (Å²) in [5, 5.41) is 19.0. The van der Waals surface area contributed by atoms with E-state index in [2.05, 4.69) is 45.1 Å². The van der Waals surface area contributed by atoms with Crippen LogP contribution in [0.1, 0.15) is 85.0 Å². The van der Waals surface area contributed by atoms with Crippen molar-refractivity contribution in [3.8, 4) is 0 Å². The lowest BCUT2D eigenvalue weighted by atomic mass is 9.43. The predicted molar refractivity (Wildman–Crippen MR) is 112 cm³/mol. The van der Waals surface area contributed by atoms with E-state index in [0.717, 1.165) is 43.9 Å². The van der Waals surface area contributed by atoms with Crippen molar-refractivity contribution < 1.29 is 15.0 Å². The molecule has 4 unspecified atom stereocenters. The van der Waals surface area contributed by atoms with Crippen LogP contribution in [0.4, 0.5) is 0 Å². The second-order valence-electron chi connectivity index (χ2n) is 9.37. The van der Waals surface area contributed by atoms with Crippen LogP contribution in [0.15, 0.2) is 24.3 Å². The first-order chi connectivity index (χ1) is 12.9. The Morgan fingerprint density at radius 2 is 1.96 bits per heavy atom. The van der Waals surface area contributed by atoms with Gasteiger partial charge in [0.25, 0.3) is 0 Å². The molecule has 2 bridgehead atoms. The van der Waals surface area contributed by atoms with Gasteiger partial charge < -0.3 is 10.2 Å². The van der Waals surface area contributed by atoms with Gasteiger partial charge in [-0.15, -0.1) is 0 Å². The van der Waals surface area contributed by atoms with Crippen LogP contribution < -0.4 is 0 Å². The van der Waals surface area contributed by atoms with Crippen molar-refractivity contribution >= 4 is 5.97 Å². The van der Waals surface area contributed by atoms with E-state index in [1.54, 1.807) is 0 Å². The molecule has 27 heavy (non-hydrogen) atoms. The van der Waals surface area contributed by atoms with Crippen molar-refractivity contribution in [2.75, 3.05) is 0 Å². The molecule has 0 saturated heterocycles. The first-order valence-corrected chi connectivity index (χ1v) is 11.1. The fraction of sp³-hybridized carbons (Fsp3) is 0.792. The third-order valence-corrected chi connectivity index (χ3v) is 7.19. The van der Waals surface area contributed by atoms with Gasteiger partial charge >= 0.3 is 5.97 Å². The van der Waals surface area contributed by atoms with Gasteiger partial charge in [0.2, 0.25) is 0 Å². The number of rotatable bonds is 12. The average molecular weight is 377 g/mol. The minimum atomic E-state index is -0.708. The Hall–Kier alpha value is -1.09. The van der Waals surface area contributed by atoms with Crippen LogP contribution >= 0.6 is 0 Å². The maximum Gasteiger partial charge on any atom is 0.303 e. The quantitative estimate of drug-likeness (QED) is 0.325. The summed E-state index contributed by atoms with van der Waals surface area (Å²) in [7, 11) is 0. The highest BCUT2D eigenvalue weighted by Gasteiger charge is 2.56. The highest BCUT2D eigenvalue weighted by atomic mass is 16.4. The molecule has 0 aromatic heterocycles. The second kappa shape index (κ2) is 10.5. The van der Waals surface area contributed by atoms with Crippen molar-refractivity contribution in [2.24, 2.45) is 29.1 Å². The Labute approximate surface area is 165 Å². The third-order valence-electron chi connectivity index (χ3n) is 7.19. The number of hydrogen-bond donors (Lipinski definition) is 2. The summed E-state index contributed by atoms with van der Waals surface area (Å²) in [5.74, 6) is 2.11. The molecular formula is C24H40O3. The van der Waals surface area contributed by atoms with Crippen molar-refractivity contribution in [2.45, 2.75) is 91.1 Å². The zero-order chi connectivity index (χ0) is 19.9. The number of aliphatic hydroxyl groups excluding tert-OH is 1. The van der Waals surface area contributed by atoms with Gasteiger partial charge in [-0.25, -0.2) is 0 Å². The monoisotopic (exact) mass is 376 g/mol. The fourth-order valence-electron chi connectivity index (χ4n) is 5.26. The average Bonchev–Trinajstić information content (AvgIpc) is 2.62. The Balaban J connectivity index is 1.88. The SMILES string of the molecule is CCCCC[C@H](O)/C=C/C1CC2CC(C1C/C=C\CCCC(=O)O)C2(C)C. The maximum atomic E-state index is 10.6. The molecule has 0 aliphatic heterocycles. The zero-order valence-corrected chi connectivity index (χ0v) is 17.6. The standard InChI is InChI=1S/C24H40O3/c1-4-5-8-11-20(25)15-14-18-16-19-17-22(24(19,2)3)21(18)12-9-6-7-10-13-23(26)27/h6,9,14-15,18-22,25H,4-5,7-8,10-13,16-17H2,1-3H3,(H,26,27)/b9-6-,15-14+/t18?,19?,20-,21?,22?/m0/s1. The molecule has 3 saturated carbocycles. The summed E-state index contributed by atoms with van der Waals surface area (Å²) in [6, 6.07) is 0. The topological polar surface area (TPSA) is 57.5 Å². The van der Waals surface area contributed by atoms with E-state index in [4.69, 9.17) is 5.11 Å². The molecule has 0 heterocycles. The summed E-state index contributed by atoms with van der Waals surface area (Å²) in [6.07, 6.45) is 18.4. The summed E-state index contributed by atoms with van der Waals surface area (Å²) >= 11 is 0. The molecule has 0 aromatic rings. The van der Waals surface area contributed by atoms with Crippen LogP contribution in [0.2, 0.25) is 0 Å². The van der Waals surface area contributed by atoms with Gasteiger partial charge in [-0.05, 0) is 67.6 Å². The van der Waals surface area contributed by atoms with Gasteiger partial charge in [-0.2, -0.15) is 0 Å². The molecule has 0 amide bonds. The molecule has 3 fully saturated rings. The highest BCUT2D eigenvalue weighted by Crippen LogP contribution is 2.64. The molecule has 2 N–H and O–H groups in total. The number of fused-ring (bicyclic) bond motifs is 2. The lowest BCUT2D eigenvalue weighted by molar-refractivity contribution is -0.137. The lowest BCUT2D eigenvalue weighted by Crippen LogP contribution is -2.55. The number of allylic oxidation sites excluding steroid dienone is 3. The number of hydrogen-bond acceptors (Lipinski definition) is 2. The Bertz CT molecular complexity index is 520.